The smallest absolute Gasteiger partial charge is 0.351 e. The summed E-state index contributed by atoms with van der Waals surface area (Å²) < 4.78 is 6.79. The van der Waals surface area contributed by atoms with Crippen molar-refractivity contribution in [3.8, 4) is 11.5 Å². The molecule has 2 atom stereocenters. The number of thioether (sulfide) groups is 1. The predicted molar refractivity (Wildman–Crippen MR) is 103 cm³/mol. The van der Waals surface area contributed by atoms with E-state index in [1.54, 1.807) is 12.3 Å². The highest BCUT2D eigenvalue weighted by atomic mass is 32.2. The van der Waals surface area contributed by atoms with Crippen molar-refractivity contribution >= 4 is 29.6 Å². The van der Waals surface area contributed by atoms with E-state index in [1.807, 2.05) is 0 Å². The molecular formula is C17H19N3O7S. The fourth-order valence-electron chi connectivity index (χ4n) is 2.14. The summed E-state index contributed by atoms with van der Waals surface area (Å²) in [7, 11) is 0. The van der Waals surface area contributed by atoms with Crippen LogP contribution in [0, 0.1) is 0 Å². The van der Waals surface area contributed by atoms with Crippen LogP contribution in [0.1, 0.15) is 11.8 Å². The largest absolute Gasteiger partial charge is 0.504 e. The zero-order chi connectivity index (χ0) is 20.7. The normalized spacial score (nSPS) is 18.6. The number of carboxylic acids is 1. The molecule has 2 aromatic rings. The number of rotatable bonds is 4. The second-order valence-corrected chi connectivity index (χ2v) is 6.69. The molecule has 0 amide bonds. The second-order valence-electron chi connectivity index (χ2n) is 5.50. The van der Waals surface area contributed by atoms with E-state index in [2.05, 4.69) is 4.98 Å². The molecule has 0 saturated carbocycles. The number of nitrogens with zero attached hydrogens (tertiary/aromatic N) is 2. The first-order valence-corrected chi connectivity index (χ1v) is 9.00. The zero-order valence-electron chi connectivity index (χ0n) is 14.5. The van der Waals surface area contributed by atoms with Gasteiger partial charge in [-0.1, -0.05) is 6.07 Å². The Kier molecular flexibility index (Phi) is 7.44. The van der Waals surface area contributed by atoms with Gasteiger partial charge in [0, 0.05) is 18.0 Å². The van der Waals surface area contributed by atoms with Gasteiger partial charge in [0.15, 0.2) is 11.5 Å². The highest BCUT2D eigenvalue weighted by Crippen LogP contribution is 2.30. The molecule has 0 bridgehead atoms. The van der Waals surface area contributed by atoms with Crippen LogP contribution in [0.4, 0.5) is 5.82 Å². The zero-order valence-corrected chi connectivity index (χ0v) is 15.3. The minimum Gasteiger partial charge on any atom is -0.504 e. The average Bonchev–Trinajstić information content (AvgIpc) is 3.12. The number of ether oxygens (including phenoxy) is 1. The van der Waals surface area contributed by atoms with Crippen LogP contribution < -0.4 is 11.4 Å². The third kappa shape index (κ3) is 6.01. The van der Waals surface area contributed by atoms with Gasteiger partial charge < -0.3 is 30.9 Å². The van der Waals surface area contributed by atoms with Crippen molar-refractivity contribution in [3.05, 3.63) is 52.6 Å². The number of aromatic nitrogens is 2. The molecule has 150 valence electrons. The number of nitrogens with two attached hydrogens (primary N) is 1. The number of nitrogen functional groups attached to an aromatic ring is 1. The summed E-state index contributed by atoms with van der Waals surface area (Å²) in [6.07, 6.45) is 3.45. The first kappa shape index (κ1) is 21.3. The summed E-state index contributed by atoms with van der Waals surface area (Å²) >= 11 is 1.47. The van der Waals surface area contributed by atoms with Gasteiger partial charge in [-0.15, -0.1) is 11.8 Å². The molecule has 6 N–H and O–H groups in total. The number of aliphatic hydroxyl groups is 1. The van der Waals surface area contributed by atoms with Crippen molar-refractivity contribution < 1.29 is 30.0 Å². The van der Waals surface area contributed by atoms with Gasteiger partial charge >= 0.3 is 11.7 Å². The van der Waals surface area contributed by atoms with Crippen LogP contribution in [0.3, 0.4) is 0 Å². The molecule has 1 aliphatic heterocycles. The minimum atomic E-state index is -1.06. The predicted octanol–water partition coefficient (Wildman–Crippen LogP) is 0.602. The summed E-state index contributed by atoms with van der Waals surface area (Å²) in [6, 6.07) is 5.60. The topological polar surface area (TPSA) is 168 Å². The van der Waals surface area contributed by atoms with Gasteiger partial charge in [0.25, 0.3) is 0 Å². The molecule has 1 aromatic carbocycles. The Morgan fingerprint density at radius 1 is 1.36 bits per heavy atom. The van der Waals surface area contributed by atoms with E-state index in [0.29, 0.717) is 11.3 Å². The van der Waals surface area contributed by atoms with Crippen molar-refractivity contribution in [3.63, 3.8) is 0 Å². The van der Waals surface area contributed by atoms with E-state index in [1.165, 1.54) is 40.6 Å². The Labute approximate surface area is 163 Å². The number of phenols is 2. The number of aliphatic carboxylic acids is 1. The van der Waals surface area contributed by atoms with Crippen LogP contribution in [0.5, 0.6) is 11.5 Å². The summed E-state index contributed by atoms with van der Waals surface area (Å²) in [4.78, 5) is 25.2. The minimum absolute atomic E-state index is 0.0572. The Morgan fingerprint density at radius 2 is 2.11 bits per heavy atom. The standard InChI is InChI=1S/C9H8O4.C8H11N3O3S/c10-7-3-1-6(5-8(7)11)2-4-9(12)13;9-5-1-2-11(8(13)10-5)6-4-15-7(3-12)14-6/h1-5,10-11H,(H,12,13);1-2,6-7,12H,3-4H2,(H2,9,10,13)/t;6-,7+/m.0/s1. The molecule has 0 aliphatic carbocycles. The first-order chi connectivity index (χ1) is 13.3. The number of benzene rings is 1. The quantitative estimate of drug-likeness (QED) is 0.356. The molecule has 0 radical (unpaired) electrons. The lowest BCUT2D eigenvalue weighted by molar-refractivity contribution is -0.131. The lowest BCUT2D eigenvalue weighted by Crippen LogP contribution is -2.28. The fraction of sp³-hybridized carbons (Fsp3) is 0.235. The van der Waals surface area contributed by atoms with Crippen LogP contribution in [0.2, 0.25) is 0 Å². The fourth-order valence-corrected chi connectivity index (χ4v) is 3.07. The maximum atomic E-state index is 11.4. The van der Waals surface area contributed by atoms with Gasteiger partial charge in [-0.05, 0) is 29.8 Å². The first-order valence-electron chi connectivity index (χ1n) is 7.95. The Balaban J connectivity index is 0.000000203. The van der Waals surface area contributed by atoms with E-state index in [-0.39, 0.29) is 35.6 Å². The molecule has 1 aliphatic rings. The van der Waals surface area contributed by atoms with Crippen LogP contribution in [0.15, 0.2) is 41.3 Å². The highest BCUT2D eigenvalue weighted by molar-refractivity contribution is 8.00. The molecule has 10 nitrogen and oxygen atoms in total. The number of carbonyl (C=O) groups is 1. The van der Waals surface area contributed by atoms with E-state index in [0.717, 1.165) is 6.08 Å². The molecular weight excluding hydrogens is 390 g/mol. The molecule has 11 heteroatoms. The number of hydrogen-bond acceptors (Lipinski definition) is 9. The van der Waals surface area contributed by atoms with Crippen LogP contribution in [-0.2, 0) is 9.53 Å². The molecule has 1 saturated heterocycles. The van der Waals surface area contributed by atoms with Crippen molar-refractivity contribution in [2.45, 2.75) is 11.7 Å². The number of aliphatic hydroxyl groups excluding tert-OH is 1. The number of anilines is 1. The highest BCUT2D eigenvalue weighted by Gasteiger charge is 2.27. The van der Waals surface area contributed by atoms with Crippen molar-refractivity contribution in [2.24, 2.45) is 0 Å². The lowest BCUT2D eigenvalue weighted by atomic mass is 10.2. The van der Waals surface area contributed by atoms with Crippen molar-refractivity contribution in [1.29, 1.82) is 0 Å². The Hall–Kier alpha value is -3.02. The van der Waals surface area contributed by atoms with Gasteiger partial charge in [0.1, 0.15) is 17.5 Å². The van der Waals surface area contributed by atoms with Crippen LogP contribution in [0.25, 0.3) is 6.08 Å². The van der Waals surface area contributed by atoms with Crippen LogP contribution >= 0.6 is 11.8 Å². The summed E-state index contributed by atoms with van der Waals surface area (Å²) in [5.74, 6) is -0.746. The molecule has 2 heterocycles. The summed E-state index contributed by atoms with van der Waals surface area (Å²) in [5, 5.41) is 35.1. The Morgan fingerprint density at radius 3 is 2.68 bits per heavy atom. The number of aromatic hydroxyl groups is 2. The SMILES string of the molecule is Nc1ccn([C@@H]2CS[C@H](CO)O2)c(=O)n1.O=C(O)C=Cc1ccc(O)c(O)c1. The average molecular weight is 409 g/mol. The van der Waals surface area contributed by atoms with E-state index in [4.69, 9.17) is 30.9 Å². The van der Waals surface area contributed by atoms with E-state index in [9.17, 15) is 9.59 Å². The van der Waals surface area contributed by atoms with Gasteiger partial charge in [0.2, 0.25) is 0 Å². The van der Waals surface area contributed by atoms with E-state index < -0.39 is 11.7 Å². The lowest BCUT2D eigenvalue weighted by Gasteiger charge is -2.13. The number of phenolic OH excluding ortho intramolecular Hbond substituents is 2. The summed E-state index contributed by atoms with van der Waals surface area (Å²) in [6.45, 7) is -0.0572. The maximum Gasteiger partial charge on any atom is 0.351 e. The van der Waals surface area contributed by atoms with Crippen molar-refractivity contribution in [1.82, 2.24) is 9.55 Å². The number of hydrogen-bond donors (Lipinski definition) is 5. The van der Waals surface area contributed by atoms with Gasteiger partial charge in [-0.3, -0.25) is 4.57 Å². The molecule has 3 rings (SSSR count). The summed E-state index contributed by atoms with van der Waals surface area (Å²) in [5.41, 5.74) is 5.19. The monoisotopic (exact) mass is 409 g/mol. The maximum absolute atomic E-state index is 11.4. The second kappa shape index (κ2) is 9.78. The third-order valence-corrected chi connectivity index (χ3v) is 4.57. The van der Waals surface area contributed by atoms with Crippen LogP contribution in [-0.4, -0.2) is 53.7 Å². The van der Waals surface area contributed by atoms with Gasteiger partial charge in [-0.25, -0.2) is 9.59 Å². The molecule has 1 aromatic heterocycles. The number of carboxylic acid groups (broad SMARTS) is 1. The van der Waals surface area contributed by atoms with Gasteiger partial charge in [0.05, 0.1) is 6.61 Å². The molecule has 1 fully saturated rings. The Bertz CT molecular complexity index is 916. The molecule has 28 heavy (non-hydrogen) atoms. The van der Waals surface area contributed by atoms with E-state index >= 15 is 0 Å². The van der Waals surface area contributed by atoms with Gasteiger partial charge in [-0.2, -0.15) is 4.98 Å². The third-order valence-electron chi connectivity index (χ3n) is 3.46. The van der Waals surface area contributed by atoms with Crippen molar-refractivity contribution in [2.75, 3.05) is 18.1 Å². The molecule has 0 spiro atoms. The molecule has 0 unspecified atom stereocenters.